The molecule has 17 heavy (non-hydrogen) atoms. The molecule has 0 bridgehead atoms. The van der Waals surface area contributed by atoms with Crippen LogP contribution in [-0.2, 0) is 6.54 Å². The smallest absolute Gasteiger partial charge is 0.120 e. The zero-order valence-electron chi connectivity index (χ0n) is 10.7. The van der Waals surface area contributed by atoms with Crippen LogP contribution in [0.5, 0.6) is 5.75 Å². The van der Waals surface area contributed by atoms with Gasteiger partial charge in [-0.25, -0.2) is 0 Å². The third kappa shape index (κ3) is 5.99. The van der Waals surface area contributed by atoms with Crippen LogP contribution in [0.15, 0.2) is 24.3 Å². The number of rotatable bonds is 7. The molecule has 92 valence electrons. The van der Waals surface area contributed by atoms with Crippen molar-refractivity contribution < 1.29 is 4.74 Å². The summed E-state index contributed by atoms with van der Waals surface area (Å²) in [6, 6.07) is 8.19. The van der Waals surface area contributed by atoms with E-state index in [-0.39, 0.29) is 6.10 Å². The number of terminal acetylenes is 1. The van der Waals surface area contributed by atoms with Crippen molar-refractivity contribution in [2.45, 2.75) is 39.3 Å². The molecule has 1 aromatic carbocycles. The van der Waals surface area contributed by atoms with Gasteiger partial charge in [0.1, 0.15) is 5.75 Å². The molecule has 0 aliphatic carbocycles. The Hall–Kier alpha value is -1.46. The normalized spacial score (nSPS) is 10.2. The standard InChI is InChI=1S/C15H21NO/c1-4-5-6-10-16-12-14-8-7-9-15(11-14)17-13(2)3/h1,7-9,11,13,16H,5-6,10,12H2,2-3H3. The maximum absolute atomic E-state index is 5.65. The topological polar surface area (TPSA) is 21.3 Å². The Balaban J connectivity index is 2.35. The number of hydrogen-bond donors (Lipinski definition) is 1. The number of benzene rings is 1. The van der Waals surface area contributed by atoms with E-state index < -0.39 is 0 Å². The lowest BCUT2D eigenvalue weighted by molar-refractivity contribution is 0.242. The van der Waals surface area contributed by atoms with Gasteiger partial charge in [0.2, 0.25) is 0 Å². The van der Waals surface area contributed by atoms with E-state index in [0.717, 1.165) is 31.7 Å². The zero-order valence-corrected chi connectivity index (χ0v) is 10.7. The summed E-state index contributed by atoms with van der Waals surface area (Å²) < 4.78 is 5.65. The van der Waals surface area contributed by atoms with E-state index in [0.29, 0.717) is 0 Å². The molecular formula is C15H21NO. The van der Waals surface area contributed by atoms with Crippen LogP contribution in [0.1, 0.15) is 32.3 Å². The average Bonchev–Trinajstić information content (AvgIpc) is 2.28. The van der Waals surface area contributed by atoms with Crippen molar-refractivity contribution in [1.82, 2.24) is 5.32 Å². The fourth-order valence-corrected chi connectivity index (χ4v) is 1.55. The minimum Gasteiger partial charge on any atom is -0.491 e. The van der Waals surface area contributed by atoms with Gasteiger partial charge in [0.05, 0.1) is 6.10 Å². The summed E-state index contributed by atoms with van der Waals surface area (Å²) >= 11 is 0. The van der Waals surface area contributed by atoms with Crippen LogP contribution in [0.4, 0.5) is 0 Å². The van der Waals surface area contributed by atoms with Crippen molar-refractivity contribution in [1.29, 1.82) is 0 Å². The Labute approximate surface area is 104 Å². The second-order valence-corrected chi connectivity index (χ2v) is 4.30. The summed E-state index contributed by atoms with van der Waals surface area (Å²) in [5.74, 6) is 3.57. The van der Waals surface area contributed by atoms with Gasteiger partial charge in [-0.2, -0.15) is 0 Å². The Morgan fingerprint density at radius 1 is 1.41 bits per heavy atom. The molecule has 1 aromatic rings. The van der Waals surface area contributed by atoms with Gasteiger partial charge < -0.3 is 10.1 Å². The minimum atomic E-state index is 0.217. The fourth-order valence-electron chi connectivity index (χ4n) is 1.55. The molecule has 2 nitrogen and oxygen atoms in total. The van der Waals surface area contributed by atoms with Crippen LogP contribution in [0.25, 0.3) is 0 Å². The molecule has 0 unspecified atom stereocenters. The number of hydrogen-bond acceptors (Lipinski definition) is 2. The minimum absolute atomic E-state index is 0.217. The van der Waals surface area contributed by atoms with Gasteiger partial charge in [-0.3, -0.25) is 0 Å². The van der Waals surface area contributed by atoms with Gasteiger partial charge in [0.25, 0.3) is 0 Å². The molecule has 0 aromatic heterocycles. The highest BCUT2D eigenvalue weighted by Crippen LogP contribution is 2.14. The van der Waals surface area contributed by atoms with E-state index in [1.165, 1.54) is 5.56 Å². The summed E-state index contributed by atoms with van der Waals surface area (Å²) in [6.45, 7) is 5.88. The predicted molar refractivity (Wildman–Crippen MR) is 72.0 cm³/mol. The molecule has 1 rings (SSSR count). The molecule has 0 fully saturated rings. The van der Waals surface area contributed by atoms with Crippen molar-refractivity contribution in [3.8, 4) is 18.1 Å². The number of unbranched alkanes of at least 4 members (excludes halogenated alkanes) is 1. The van der Waals surface area contributed by atoms with Gasteiger partial charge in [-0.1, -0.05) is 12.1 Å². The first-order valence-electron chi connectivity index (χ1n) is 6.12. The van der Waals surface area contributed by atoms with Crippen LogP contribution >= 0.6 is 0 Å². The molecule has 0 atom stereocenters. The molecule has 0 aliphatic rings. The molecule has 0 saturated heterocycles. The molecule has 1 N–H and O–H groups in total. The largest absolute Gasteiger partial charge is 0.491 e. The summed E-state index contributed by atoms with van der Waals surface area (Å²) in [7, 11) is 0. The molecule has 0 saturated carbocycles. The van der Waals surface area contributed by atoms with Crippen LogP contribution in [-0.4, -0.2) is 12.6 Å². The average molecular weight is 231 g/mol. The first-order chi connectivity index (χ1) is 8.22. The Morgan fingerprint density at radius 3 is 2.94 bits per heavy atom. The quantitative estimate of drug-likeness (QED) is 0.575. The van der Waals surface area contributed by atoms with Gasteiger partial charge in [-0.05, 0) is 44.5 Å². The first kappa shape index (κ1) is 13.6. The first-order valence-corrected chi connectivity index (χ1v) is 6.12. The fraction of sp³-hybridized carbons (Fsp3) is 0.467. The Morgan fingerprint density at radius 2 is 2.24 bits per heavy atom. The van der Waals surface area contributed by atoms with E-state index in [1.807, 2.05) is 26.0 Å². The highest BCUT2D eigenvalue weighted by Gasteiger charge is 1.99. The molecule has 0 spiro atoms. The maximum Gasteiger partial charge on any atom is 0.120 e. The van der Waals surface area contributed by atoms with Crippen LogP contribution in [0.3, 0.4) is 0 Å². The third-order valence-electron chi connectivity index (χ3n) is 2.27. The lowest BCUT2D eigenvalue weighted by Gasteiger charge is -2.11. The highest BCUT2D eigenvalue weighted by atomic mass is 16.5. The molecule has 2 heteroatoms. The SMILES string of the molecule is C#CCCCNCc1cccc(OC(C)C)c1. The monoisotopic (exact) mass is 231 g/mol. The second kappa shape index (κ2) is 7.76. The summed E-state index contributed by atoms with van der Waals surface area (Å²) in [5.41, 5.74) is 1.24. The highest BCUT2D eigenvalue weighted by molar-refractivity contribution is 5.28. The van der Waals surface area contributed by atoms with Crippen molar-refractivity contribution in [2.75, 3.05) is 6.54 Å². The molecular weight excluding hydrogens is 210 g/mol. The summed E-state index contributed by atoms with van der Waals surface area (Å²) in [5, 5.41) is 3.37. The van der Waals surface area contributed by atoms with Crippen LogP contribution in [0.2, 0.25) is 0 Å². The van der Waals surface area contributed by atoms with Crippen LogP contribution < -0.4 is 10.1 Å². The van der Waals surface area contributed by atoms with E-state index in [1.54, 1.807) is 0 Å². The molecule has 0 radical (unpaired) electrons. The predicted octanol–water partition coefficient (Wildman–Crippen LogP) is 2.98. The number of nitrogens with one attached hydrogen (secondary N) is 1. The van der Waals surface area contributed by atoms with Crippen molar-refractivity contribution >= 4 is 0 Å². The second-order valence-electron chi connectivity index (χ2n) is 4.30. The van der Waals surface area contributed by atoms with Gasteiger partial charge in [0.15, 0.2) is 0 Å². The lowest BCUT2D eigenvalue weighted by atomic mass is 10.2. The number of ether oxygens (including phenoxy) is 1. The maximum atomic E-state index is 5.65. The summed E-state index contributed by atoms with van der Waals surface area (Å²) in [4.78, 5) is 0. The van der Waals surface area contributed by atoms with E-state index in [4.69, 9.17) is 11.2 Å². The third-order valence-corrected chi connectivity index (χ3v) is 2.27. The Kier molecular flexibility index (Phi) is 6.21. The van der Waals surface area contributed by atoms with Crippen molar-refractivity contribution in [3.05, 3.63) is 29.8 Å². The lowest BCUT2D eigenvalue weighted by Crippen LogP contribution is -2.14. The van der Waals surface area contributed by atoms with Gasteiger partial charge in [0, 0.05) is 13.0 Å². The summed E-state index contributed by atoms with van der Waals surface area (Å²) in [6.07, 6.45) is 7.27. The van der Waals surface area contributed by atoms with Gasteiger partial charge in [-0.15, -0.1) is 12.3 Å². The van der Waals surface area contributed by atoms with E-state index in [2.05, 4.69) is 23.4 Å². The van der Waals surface area contributed by atoms with Crippen molar-refractivity contribution in [2.24, 2.45) is 0 Å². The zero-order chi connectivity index (χ0) is 12.5. The van der Waals surface area contributed by atoms with E-state index >= 15 is 0 Å². The Bertz CT molecular complexity index is 365. The van der Waals surface area contributed by atoms with Gasteiger partial charge >= 0.3 is 0 Å². The molecule has 0 aliphatic heterocycles. The molecule has 0 heterocycles. The van der Waals surface area contributed by atoms with Crippen LogP contribution in [0, 0.1) is 12.3 Å². The van der Waals surface area contributed by atoms with E-state index in [9.17, 15) is 0 Å². The van der Waals surface area contributed by atoms with Crippen molar-refractivity contribution in [3.63, 3.8) is 0 Å². The molecule has 0 amide bonds.